The summed E-state index contributed by atoms with van der Waals surface area (Å²) in [5.74, 6) is 7.03. The van der Waals surface area contributed by atoms with E-state index >= 15 is 0 Å². The van der Waals surface area contributed by atoms with Crippen molar-refractivity contribution in [2.24, 2.45) is 5.92 Å². The standard InChI is InChI=1S/C26H23F3O/c1-2-5-19-11-16-24-22-7-4-3-6-20(22)12-17-25(24)23(19)15-10-18-8-13-21(14-9-18)30-26(27,28)29/h3-4,6-9,12-14,17,19,23H,2,5,11,16H2,1H3/t19-,23+/m1/s1. The second kappa shape index (κ2) is 8.44. The van der Waals surface area contributed by atoms with Crippen LogP contribution in [0.1, 0.15) is 48.8 Å². The third-order valence-corrected chi connectivity index (χ3v) is 5.77. The Morgan fingerprint density at radius 1 is 1.00 bits per heavy atom. The van der Waals surface area contributed by atoms with E-state index in [4.69, 9.17) is 0 Å². The lowest BCUT2D eigenvalue weighted by atomic mass is 9.72. The van der Waals surface area contributed by atoms with Crippen LogP contribution in [0.3, 0.4) is 0 Å². The molecule has 0 radical (unpaired) electrons. The minimum absolute atomic E-state index is 0.129. The number of hydrogen-bond acceptors (Lipinski definition) is 1. The van der Waals surface area contributed by atoms with Gasteiger partial charge in [-0.05, 0) is 71.3 Å². The van der Waals surface area contributed by atoms with Crippen molar-refractivity contribution in [3.63, 3.8) is 0 Å². The van der Waals surface area contributed by atoms with Crippen LogP contribution in [0, 0.1) is 17.8 Å². The molecule has 0 heterocycles. The monoisotopic (exact) mass is 408 g/mol. The van der Waals surface area contributed by atoms with Gasteiger partial charge in [0.05, 0.1) is 0 Å². The summed E-state index contributed by atoms with van der Waals surface area (Å²) in [5.41, 5.74) is 3.37. The molecule has 0 saturated carbocycles. The van der Waals surface area contributed by atoms with E-state index in [9.17, 15) is 13.2 Å². The topological polar surface area (TPSA) is 9.23 Å². The Hall–Kier alpha value is -2.93. The number of fused-ring (bicyclic) bond motifs is 3. The van der Waals surface area contributed by atoms with E-state index < -0.39 is 6.36 Å². The summed E-state index contributed by atoms with van der Waals surface area (Å²) in [7, 11) is 0. The first kappa shape index (κ1) is 20.3. The Morgan fingerprint density at radius 3 is 2.50 bits per heavy atom. The summed E-state index contributed by atoms with van der Waals surface area (Å²) in [4.78, 5) is 0. The Kier molecular flexibility index (Phi) is 5.72. The Morgan fingerprint density at radius 2 is 1.77 bits per heavy atom. The lowest BCUT2D eigenvalue weighted by molar-refractivity contribution is -0.274. The van der Waals surface area contributed by atoms with Gasteiger partial charge in [-0.15, -0.1) is 13.2 Å². The molecule has 4 heteroatoms. The zero-order valence-corrected chi connectivity index (χ0v) is 16.8. The van der Waals surface area contributed by atoms with Crippen LogP contribution in [0.4, 0.5) is 13.2 Å². The highest BCUT2D eigenvalue weighted by Crippen LogP contribution is 2.41. The first-order valence-electron chi connectivity index (χ1n) is 10.3. The highest BCUT2D eigenvalue weighted by atomic mass is 19.4. The molecule has 3 aromatic carbocycles. The van der Waals surface area contributed by atoms with Gasteiger partial charge in [-0.2, -0.15) is 0 Å². The van der Waals surface area contributed by atoms with Crippen molar-refractivity contribution in [3.05, 3.63) is 77.4 Å². The molecule has 3 aromatic rings. The Balaban J connectivity index is 1.66. The summed E-state index contributed by atoms with van der Waals surface area (Å²) in [6.07, 6.45) is -0.302. The number of aryl methyl sites for hydroxylation is 1. The van der Waals surface area contributed by atoms with Crippen LogP contribution in [0.25, 0.3) is 10.8 Å². The van der Waals surface area contributed by atoms with E-state index in [-0.39, 0.29) is 11.7 Å². The van der Waals surface area contributed by atoms with Crippen molar-refractivity contribution in [1.29, 1.82) is 0 Å². The molecule has 154 valence electrons. The van der Waals surface area contributed by atoms with E-state index in [2.05, 4.69) is 59.9 Å². The van der Waals surface area contributed by atoms with Crippen molar-refractivity contribution in [2.75, 3.05) is 0 Å². The first-order valence-corrected chi connectivity index (χ1v) is 10.3. The second-order valence-electron chi connectivity index (χ2n) is 7.76. The highest BCUT2D eigenvalue weighted by Gasteiger charge is 2.31. The lowest BCUT2D eigenvalue weighted by Crippen LogP contribution is -2.20. The molecule has 0 unspecified atom stereocenters. The van der Waals surface area contributed by atoms with E-state index in [1.807, 2.05) is 0 Å². The second-order valence-corrected chi connectivity index (χ2v) is 7.76. The highest BCUT2D eigenvalue weighted by molar-refractivity contribution is 5.87. The molecule has 1 aliphatic rings. The minimum Gasteiger partial charge on any atom is -0.406 e. The third-order valence-electron chi connectivity index (χ3n) is 5.77. The van der Waals surface area contributed by atoms with Crippen LogP contribution < -0.4 is 4.74 Å². The molecule has 0 N–H and O–H groups in total. The van der Waals surface area contributed by atoms with Gasteiger partial charge in [-0.3, -0.25) is 0 Å². The number of halogens is 3. The van der Waals surface area contributed by atoms with Gasteiger partial charge in [0.25, 0.3) is 0 Å². The van der Waals surface area contributed by atoms with Crippen molar-refractivity contribution in [1.82, 2.24) is 0 Å². The average molecular weight is 408 g/mol. The number of hydrogen-bond donors (Lipinski definition) is 0. The fourth-order valence-corrected chi connectivity index (χ4v) is 4.45. The van der Waals surface area contributed by atoms with Gasteiger partial charge in [-0.25, -0.2) is 0 Å². The maximum absolute atomic E-state index is 12.3. The van der Waals surface area contributed by atoms with Gasteiger partial charge < -0.3 is 4.74 Å². The van der Waals surface area contributed by atoms with Crippen LogP contribution >= 0.6 is 0 Å². The number of ether oxygens (including phenoxy) is 1. The van der Waals surface area contributed by atoms with E-state index in [0.29, 0.717) is 11.5 Å². The SMILES string of the molecule is CCC[C@@H]1CCc2c(ccc3ccccc23)[C@H]1C#Cc1ccc(OC(F)(F)F)cc1. The molecule has 0 aliphatic heterocycles. The molecular weight excluding hydrogens is 385 g/mol. The van der Waals surface area contributed by atoms with Gasteiger partial charge in [0.2, 0.25) is 0 Å². The first-order chi connectivity index (χ1) is 14.4. The maximum Gasteiger partial charge on any atom is 0.573 e. The fraction of sp³-hybridized carbons (Fsp3) is 0.308. The van der Waals surface area contributed by atoms with Crippen molar-refractivity contribution >= 4 is 10.8 Å². The van der Waals surface area contributed by atoms with E-state index in [1.165, 1.54) is 34.0 Å². The Labute approximate surface area is 174 Å². The molecule has 0 spiro atoms. The summed E-state index contributed by atoms with van der Waals surface area (Å²) in [5, 5.41) is 2.54. The van der Waals surface area contributed by atoms with Crippen molar-refractivity contribution < 1.29 is 17.9 Å². The minimum atomic E-state index is -4.69. The normalized spacial score (nSPS) is 18.4. The van der Waals surface area contributed by atoms with Gasteiger partial charge in [0.1, 0.15) is 5.75 Å². The van der Waals surface area contributed by atoms with Gasteiger partial charge in [-0.1, -0.05) is 61.6 Å². The molecular formula is C26H23F3O. The molecule has 0 bridgehead atoms. The van der Waals surface area contributed by atoms with Crippen LogP contribution in [-0.4, -0.2) is 6.36 Å². The van der Waals surface area contributed by atoms with Crippen LogP contribution in [0.2, 0.25) is 0 Å². The van der Waals surface area contributed by atoms with Crippen molar-refractivity contribution in [2.45, 2.75) is 44.9 Å². The fourth-order valence-electron chi connectivity index (χ4n) is 4.45. The largest absolute Gasteiger partial charge is 0.573 e. The molecule has 0 aromatic heterocycles. The van der Waals surface area contributed by atoms with E-state index in [0.717, 1.165) is 25.7 Å². The van der Waals surface area contributed by atoms with Crippen LogP contribution in [0.15, 0.2) is 60.7 Å². The van der Waals surface area contributed by atoms with Crippen LogP contribution in [0.5, 0.6) is 5.75 Å². The van der Waals surface area contributed by atoms with Crippen molar-refractivity contribution in [3.8, 4) is 17.6 Å². The summed E-state index contributed by atoms with van der Waals surface area (Å²) in [6.45, 7) is 2.19. The zero-order chi connectivity index (χ0) is 21.1. The molecule has 1 nitrogen and oxygen atoms in total. The van der Waals surface area contributed by atoms with E-state index in [1.54, 1.807) is 12.1 Å². The lowest BCUT2D eigenvalue weighted by Gasteiger charge is -2.31. The summed E-state index contributed by atoms with van der Waals surface area (Å²) >= 11 is 0. The quantitative estimate of drug-likeness (QED) is 0.415. The number of benzene rings is 3. The maximum atomic E-state index is 12.3. The molecule has 0 amide bonds. The summed E-state index contributed by atoms with van der Waals surface area (Å²) in [6, 6.07) is 18.6. The zero-order valence-electron chi connectivity index (χ0n) is 16.8. The average Bonchev–Trinajstić information content (AvgIpc) is 2.72. The summed E-state index contributed by atoms with van der Waals surface area (Å²) < 4.78 is 41.0. The van der Waals surface area contributed by atoms with Gasteiger partial charge in [0.15, 0.2) is 0 Å². The third kappa shape index (κ3) is 4.46. The number of rotatable bonds is 3. The van der Waals surface area contributed by atoms with Gasteiger partial charge in [0, 0.05) is 11.5 Å². The molecule has 2 atom stereocenters. The molecule has 0 saturated heterocycles. The number of alkyl halides is 3. The Bertz CT molecular complexity index is 1090. The smallest absolute Gasteiger partial charge is 0.406 e. The molecule has 4 rings (SSSR count). The predicted molar refractivity (Wildman–Crippen MR) is 113 cm³/mol. The van der Waals surface area contributed by atoms with Gasteiger partial charge >= 0.3 is 6.36 Å². The van der Waals surface area contributed by atoms with Crippen LogP contribution in [-0.2, 0) is 6.42 Å². The molecule has 30 heavy (non-hydrogen) atoms. The molecule has 0 fully saturated rings. The molecule has 1 aliphatic carbocycles. The predicted octanol–water partition coefficient (Wildman–Crippen LogP) is 7.24.